The monoisotopic (exact) mass is 518 g/mol. The molecule has 3 heteroatoms. The molecular formula is C36H23ClN2. The largest absolute Gasteiger partial charge is 0.254 e. The molecule has 2 aromatic heterocycles. The number of nitrogens with zero attached hydrogens (tertiary/aromatic N) is 2. The zero-order valence-corrected chi connectivity index (χ0v) is 21.8. The van der Waals surface area contributed by atoms with Gasteiger partial charge in [-0.1, -0.05) is 127 Å². The summed E-state index contributed by atoms with van der Waals surface area (Å²) in [6.45, 7) is 0. The topological polar surface area (TPSA) is 25.8 Å². The molecule has 0 unspecified atom stereocenters. The fourth-order valence-corrected chi connectivity index (χ4v) is 5.54. The van der Waals surface area contributed by atoms with Crippen LogP contribution in [0.4, 0.5) is 0 Å². The molecule has 184 valence electrons. The minimum Gasteiger partial charge on any atom is -0.254 e. The Morgan fingerprint density at radius 3 is 1.90 bits per heavy atom. The molecule has 5 aromatic carbocycles. The number of fused-ring (bicyclic) bond motifs is 2. The van der Waals surface area contributed by atoms with Crippen LogP contribution >= 0.6 is 11.6 Å². The lowest BCUT2D eigenvalue weighted by Gasteiger charge is -2.20. The highest BCUT2D eigenvalue weighted by Gasteiger charge is 2.22. The van der Waals surface area contributed by atoms with Gasteiger partial charge in [0.05, 0.1) is 17.1 Å². The molecule has 0 aliphatic rings. The average Bonchev–Trinajstić information content (AvgIpc) is 3.01. The highest BCUT2D eigenvalue weighted by atomic mass is 35.5. The predicted octanol–water partition coefficient (Wildman–Crippen LogP) is 10.1. The van der Waals surface area contributed by atoms with Crippen LogP contribution in [0, 0.1) is 0 Å². The molecule has 7 rings (SSSR count). The van der Waals surface area contributed by atoms with Crippen molar-refractivity contribution in [1.29, 1.82) is 0 Å². The summed E-state index contributed by atoms with van der Waals surface area (Å²) in [5.74, 6) is 0. The summed E-state index contributed by atoms with van der Waals surface area (Å²) in [6, 6.07) is 45.9. The number of aromatic nitrogens is 2. The molecule has 0 N–H and O–H groups in total. The fraction of sp³-hybridized carbons (Fsp3) is 0. The number of benzene rings is 5. The Labute approximate surface area is 232 Å². The molecule has 39 heavy (non-hydrogen) atoms. The van der Waals surface area contributed by atoms with Crippen molar-refractivity contribution in [1.82, 2.24) is 9.97 Å². The van der Waals surface area contributed by atoms with E-state index in [-0.39, 0.29) is 0 Å². The van der Waals surface area contributed by atoms with Gasteiger partial charge in [0.2, 0.25) is 0 Å². The second-order valence-electron chi connectivity index (χ2n) is 9.53. The Balaban J connectivity index is 1.69. The Morgan fingerprint density at radius 1 is 0.462 bits per heavy atom. The van der Waals surface area contributed by atoms with Crippen LogP contribution in [0.3, 0.4) is 0 Å². The number of rotatable bonds is 4. The zero-order valence-electron chi connectivity index (χ0n) is 21.1. The molecule has 0 radical (unpaired) electrons. The molecule has 7 aromatic rings. The first kappa shape index (κ1) is 23.3. The first-order chi connectivity index (χ1) is 19.3. The maximum atomic E-state index is 6.29. The lowest BCUT2D eigenvalue weighted by Crippen LogP contribution is -1.99. The van der Waals surface area contributed by atoms with Crippen molar-refractivity contribution in [2.75, 3.05) is 0 Å². The van der Waals surface area contributed by atoms with Gasteiger partial charge in [0, 0.05) is 38.5 Å². The Kier molecular flexibility index (Phi) is 5.88. The molecule has 0 spiro atoms. The second-order valence-corrected chi connectivity index (χ2v) is 9.97. The van der Waals surface area contributed by atoms with Gasteiger partial charge in [0.1, 0.15) is 0 Å². The number of pyridine rings is 2. The molecule has 0 saturated heterocycles. The van der Waals surface area contributed by atoms with E-state index in [9.17, 15) is 0 Å². The van der Waals surface area contributed by atoms with Crippen molar-refractivity contribution in [2.24, 2.45) is 0 Å². The van der Waals surface area contributed by atoms with Crippen molar-refractivity contribution in [3.63, 3.8) is 0 Å². The van der Waals surface area contributed by atoms with Gasteiger partial charge >= 0.3 is 0 Å². The third-order valence-corrected chi connectivity index (χ3v) is 7.44. The van der Waals surface area contributed by atoms with Gasteiger partial charge in [-0.3, -0.25) is 4.98 Å². The van der Waals surface area contributed by atoms with Gasteiger partial charge in [-0.05, 0) is 40.3 Å². The zero-order chi connectivity index (χ0) is 26.2. The number of hydrogen-bond acceptors (Lipinski definition) is 2. The molecule has 0 saturated carbocycles. The number of halogens is 1. The molecular weight excluding hydrogens is 496 g/mol. The quantitative estimate of drug-likeness (QED) is 0.231. The molecule has 0 atom stereocenters. The molecule has 2 nitrogen and oxygen atoms in total. The van der Waals surface area contributed by atoms with Crippen LogP contribution in [-0.4, -0.2) is 9.97 Å². The third-order valence-electron chi connectivity index (χ3n) is 7.19. The summed E-state index contributed by atoms with van der Waals surface area (Å²) < 4.78 is 0. The maximum absolute atomic E-state index is 6.29. The van der Waals surface area contributed by atoms with E-state index < -0.39 is 0 Å². The summed E-state index contributed by atoms with van der Waals surface area (Å²) in [6.07, 6.45) is 1.88. The van der Waals surface area contributed by atoms with Crippen LogP contribution in [0.1, 0.15) is 0 Å². The normalized spacial score (nSPS) is 11.2. The molecule has 0 bridgehead atoms. The smallest absolute Gasteiger partial charge is 0.0979 e. The minimum absolute atomic E-state index is 0.717. The van der Waals surface area contributed by atoms with E-state index in [2.05, 4.69) is 115 Å². The van der Waals surface area contributed by atoms with Gasteiger partial charge in [0.15, 0.2) is 0 Å². The van der Waals surface area contributed by atoms with Gasteiger partial charge < -0.3 is 0 Å². The highest BCUT2D eigenvalue weighted by molar-refractivity contribution is 6.30. The van der Waals surface area contributed by atoms with Crippen LogP contribution in [0.25, 0.3) is 66.4 Å². The van der Waals surface area contributed by atoms with E-state index >= 15 is 0 Å². The second kappa shape index (κ2) is 9.83. The van der Waals surface area contributed by atoms with Crippen molar-refractivity contribution < 1.29 is 0 Å². The summed E-state index contributed by atoms with van der Waals surface area (Å²) in [4.78, 5) is 10.3. The molecule has 0 amide bonds. The molecule has 0 aliphatic carbocycles. The van der Waals surface area contributed by atoms with Crippen molar-refractivity contribution in [3.05, 3.63) is 145 Å². The maximum Gasteiger partial charge on any atom is 0.0979 e. The standard InChI is InChI=1S/C36H23ClN2/c37-28-20-18-25(19-21-28)29-16-9-17-31-33(29)32(26-11-3-1-4-12-26)34(27-13-5-2-6-14-27)39-36(31)35-30-15-8-7-10-24(30)22-23-38-35/h1-23H. The summed E-state index contributed by atoms with van der Waals surface area (Å²) in [5.41, 5.74) is 8.19. The molecule has 0 aliphatic heterocycles. The summed E-state index contributed by atoms with van der Waals surface area (Å²) in [5, 5.41) is 5.14. The van der Waals surface area contributed by atoms with E-state index in [1.807, 2.05) is 24.4 Å². The van der Waals surface area contributed by atoms with Gasteiger partial charge in [0.25, 0.3) is 0 Å². The molecule has 0 fully saturated rings. The van der Waals surface area contributed by atoms with Crippen molar-refractivity contribution in [2.45, 2.75) is 0 Å². The van der Waals surface area contributed by atoms with Crippen LogP contribution in [0.2, 0.25) is 5.02 Å². The van der Waals surface area contributed by atoms with E-state index in [1.165, 1.54) is 0 Å². The third kappa shape index (κ3) is 4.16. The summed E-state index contributed by atoms with van der Waals surface area (Å²) >= 11 is 6.29. The summed E-state index contributed by atoms with van der Waals surface area (Å²) in [7, 11) is 0. The van der Waals surface area contributed by atoms with E-state index in [0.29, 0.717) is 0 Å². The Hall–Kier alpha value is -4.79. The number of hydrogen-bond donors (Lipinski definition) is 0. The lowest BCUT2D eigenvalue weighted by atomic mass is 9.87. The molecule has 2 heterocycles. The minimum atomic E-state index is 0.717. The Bertz CT molecular complexity index is 1940. The van der Waals surface area contributed by atoms with Crippen molar-refractivity contribution >= 4 is 33.1 Å². The Morgan fingerprint density at radius 2 is 1.13 bits per heavy atom. The van der Waals surface area contributed by atoms with Crippen molar-refractivity contribution in [3.8, 4) is 44.9 Å². The van der Waals surface area contributed by atoms with Crippen LogP contribution in [0.15, 0.2) is 140 Å². The van der Waals surface area contributed by atoms with Gasteiger partial charge in [-0.15, -0.1) is 0 Å². The van der Waals surface area contributed by atoms with E-state index in [0.717, 1.165) is 71.5 Å². The first-order valence-electron chi connectivity index (χ1n) is 13.0. The highest BCUT2D eigenvalue weighted by Crippen LogP contribution is 2.45. The SMILES string of the molecule is Clc1ccc(-c2cccc3c(-c4nccc5ccccc45)nc(-c4ccccc4)c(-c4ccccc4)c23)cc1. The fourth-order valence-electron chi connectivity index (χ4n) is 5.41. The van der Waals surface area contributed by atoms with Crippen LogP contribution in [0.5, 0.6) is 0 Å². The van der Waals surface area contributed by atoms with Gasteiger partial charge in [-0.2, -0.15) is 0 Å². The van der Waals surface area contributed by atoms with E-state index in [1.54, 1.807) is 0 Å². The first-order valence-corrected chi connectivity index (χ1v) is 13.3. The predicted molar refractivity (Wildman–Crippen MR) is 164 cm³/mol. The van der Waals surface area contributed by atoms with Crippen LogP contribution in [-0.2, 0) is 0 Å². The van der Waals surface area contributed by atoms with Crippen LogP contribution < -0.4 is 0 Å². The lowest BCUT2D eigenvalue weighted by molar-refractivity contribution is 1.28. The average molecular weight is 519 g/mol. The van der Waals surface area contributed by atoms with E-state index in [4.69, 9.17) is 21.6 Å². The van der Waals surface area contributed by atoms with Gasteiger partial charge in [-0.25, -0.2) is 4.98 Å².